The van der Waals surface area contributed by atoms with Gasteiger partial charge in [-0.2, -0.15) is 0 Å². The molecule has 7 nitrogen and oxygen atoms in total. The van der Waals surface area contributed by atoms with Crippen molar-refractivity contribution in [3.8, 4) is 11.5 Å². The number of aliphatic hydroxyl groups excluding tert-OH is 1. The summed E-state index contributed by atoms with van der Waals surface area (Å²) in [5, 5.41) is 21.7. The number of benzene rings is 2. The smallest absolute Gasteiger partial charge is 0.329 e. The SMILES string of the molecule is C[C@H]1CC[C@@](NC(=O)c2ccc(OCCO)c(OCCc3ccccc3)c2)(C(=O)O)CC1. The van der Waals surface area contributed by atoms with Gasteiger partial charge in [-0.05, 0) is 55.4 Å². The number of aliphatic carboxylic acids is 1. The molecule has 0 radical (unpaired) electrons. The first-order valence-corrected chi connectivity index (χ1v) is 11.0. The molecule has 0 unspecified atom stereocenters. The highest BCUT2D eigenvalue weighted by Gasteiger charge is 2.42. The lowest BCUT2D eigenvalue weighted by Crippen LogP contribution is -2.56. The van der Waals surface area contributed by atoms with Gasteiger partial charge in [-0.15, -0.1) is 0 Å². The number of carboxylic acids is 1. The first-order chi connectivity index (χ1) is 15.4. The molecule has 7 heteroatoms. The quantitative estimate of drug-likeness (QED) is 0.522. The zero-order chi connectivity index (χ0) is 23.0. The Morgan fingerprint density at radius 2 is 1.72 bits per heavy atom. The van der Waals surface area contributed by atoms with Gasteiger partial charge < -0.3 is 25.0 Å². The summed E-state index contributed by atoms with van der Waals surface area (Å²) in [6.07, 6.45) is 3.01. The molecule has 0 aliphatic heterocycles. The van der Waals surface area contributed by atoms with E-state index in [0.29, 0.717) is 48.8 Å². The van der Waals surface area contributed by atoms with Crippen molar-refractivity contribution in [2.45, 2.75) is 44.6 Å². The van der Waals surface area contributed by atoms with Crippen molar-refractivity contribution in [2.24, 2.45) is 5.92 Å². The maximum atomic E-state index is 13.0. The average molecular weight is 442 g/mol. The topological polar surface area (TPSA) is 105 Å². The van der Waals surface area contributed by atoms with E-state index in [4.69, 9.17) is 14.6 Å². The largest absolute Gasteiger partial charge is 0.489 e. The Hall–Kier alpha value is -3.06. The van der Waals surface area contributed by atoms with E-state index < -0.39 is 17.4 Å². The molecule has 1 aliphatic carbocycles. The van der Waals surface area contributed by atoms with E-state index in [1.54, 1.807) is 18.2 Å². The normalized spacial score (nSPS) is 20.4. The molecule has 1 amide bonds. The molecule has 0 spiro atoms. The van der Waals surface area contributed by atoms with Crippen LogP contribution in [-0.2, 0) is 11.2 Å². The number of aliphatic hydroxyl groups is 1. The monoisotopic (exact) mass is 441 g/mol. The van der Waals surface area contributed by atoms with E-state index in [2.05, 4.69) is 12.2 Å². The average Bonchev–Trinajstić information content (AvgIpc) is 2.80. The maximum Gasteiger partial charge on any atom is 0.329 e. The second kappa shape index (κ2) is 11.0. The molecule has 0 aromatic heterocycles. The Labute approximate surface area is 188 Å². The van der Waals surface area contributed by atoms with Gasteiger partial charge in [-0.1, -0.05) is 37.3 Å². The number of hydrogen-bond donors (Lipinski definition) is 3. The number of carbonyl (C=O) groups excluding carboxylic acids is 1. The van der Waals surface area contributed by atoms with Crippen molar-refractivity contribution in [1.29, 1.82) is 0 Å². The van der Waals surface area contributed by atoms with Crippen LogP contribution in [0.2, 0.25) is 0 Å². The third-order valence-corrected chi connectivity index (χ3v) is 5.94. The molecule has 0 bridgehead atoms. The van der Waals surface area contributed by atoms with Crippen LogP contribution in [0.1, 0.15) is 48.5 Å². The Bertz CT molecular complexity index is 906. The molecule has 1 aliphatic rings. The fraction of sp³-hybridized carbons (Fsp3) is 0.440. The van der Waals surface area contributed by atoms with E-state index >= 15 is 0 Å². The fourth-order valence-corrected chi connectivity index (χ4v) is 3.90. The van der Waals surface area contributed by atoms with Gasteiger partial charge in [-0.3, -0.25) is 4.79 Å². The Morgan fingerprint density at radius 3 is 2.38 bits per heavy atom. The van der Waals surface area contributed by atoms with Gasteiger partial charge in [-0.25, -0.2) is 4.79 Å². The van der Waals surface area contributed by atoms with Crippen LogP contribution in [-0.4, -0.2) is 47.4 Å². The number of rotatable bonds is 10. The molecule has 0 saturated heterocycles. The van der Waals surface area contributed by atoms with Crippen molar-refractivity contribution >= 4 is 11.9 Å². The van der Waals surface area contributed by atoms with Crippen molar-refractivity contribution in [3.05, 3.63) is 59.7 Å². The Morgan fingerprint density at radius 1 is 1.03 bits per heavy atom. The molecule has 172 valence electrons. The van der Waals surface area contributed by atoms with Crippen LogP contribution in [0.4, 0.5) is 0 Å². The van der Waals surface area contributed by atoms with Gasteiger partial charge in [0.25, 0.3) is 5.91 Å². The third-order valence-electron chi connectivity index (χ3n) is 5.94. The van der Waals surface area contributed by atoms with E-state index in [1.165, 1.54) is 0 Å². The maximum absolute atomic E-state index is 13.0. The van der Waals surface area contributed by atoms with Gasteiger partial charge in [0.1, 0.15) is 12.1 Å². The molecule has 3 N–H and O–H groups in total. The van der Waals surface area contributed by atoms with E-state index in [-0.39, 0.29) is 13.2 Å². The van der Waals surface area contributed by atoms with E-state index in [0.717, 1.165) is 18.4 Å². The van der Waals surface area contributed by atoms with Gasteiger partial charge >= 0.3 is 5.97 Å². The number of amides is 1. The van der Waals surface area contributed by atoms with Crippen LogP contribution < -0.4 is 14.8 Å². The predicted molar refractivity (Wildman–Crippen MR) is 120 cm³/mol. The second-order valence-corrected chi connectivity index (χ2v) is 8.34. The van der Waals surface area contributed by atoms with Crippen LogP contribution in [0.5, 0.6) is 11.5 Å². The number of ether oxygens (including phenoxy) is 2. The Kier molecular flexibility index (Phi) is 8.11. The van der Waals surface area contributed by atoms with E-state index in [1.807, 2.05) is 30.3 Å². The van der Waals surface area contributed by atoms with Crippen molar-refractivity contribution in [3.63, 3.8) is 0 Å². The molecule has 1 saturated carbocycles. The molecule has 2 aromatic rings. The number of carboxylic acid groups (broad SMARTS) is 1. The first kappa shape index (κ1) is 23.6. The lowest BCUT2D eigenvalue weighted by molar-refractivity contribution is -0.146. The number of nitrogens with one attached hydrogen (secondary N) is 1. The standard InChI is InChI=1S/C25H31NO6/c1-18-9-12-25(13-10-18,24(29)30)26-23(28)20-7-8-21(32-16-14-27)22(17-20)31-15-11-19-5-3-2-4-6-19/h2-8,17-18,27H,9-16H2,1H3,(H,26,28)(H,29,30)/t18-,25-. The third kappa shape index (κ3) is 6.01. The Balaban J connectivity index is 1.74. The first-order valence-electron chi connectivity index (χ1n) is 11.0. The summed E-state index contributed by atoms with van der Waals surface area (Å²) in [5.74, 6) is -0.206. The van der Waals surface area contributed by atoms with Crippen molar-refractivity contribution in [1.82, 2.24) is 5.32 Å². The molecular formula is C25H31NO6. The van der Waals surface area contributed by atoms with Crippen LogP contribution in [0.15, 0.2) is 48.5 Å². The predicted octanol–water partition coefficient (Wildman–Crippen LogP) is 3.44. The second-order valence-electron chi connectivity index (χ2n) is 8.34. The van der Waals surface area contributed by atoms with Crippen LogP contribution in [0.3, 0.4) is 0 Å². The minimum Gasteiger partial charge on any atom is -0.489 e. The summed E-state index contributed by atoms with van der Waals surface area (Å²) in [6.45, 7) is 2.42. The van der Waals surface area contributed by atoms with Crippen LogP contribution in [0, 0.1) is 5.92 Å². The zero-order valence-electron chi connectivity index (χ0n) is 18.4. The van der Waals surface area contributed by atoms with Crippen molar-refractivity contribution < 1.29 is 29.3 Å². The minimum absolute atomic E-state index is 0.0981. The molecule has 0 atom stereocenters. The molecule has 32 heavy (non-hydrogen) atoms. The molecule has 3 rings (SSSR count). The number of hydrogen-bond acceptors (Lipinski definition) is 5. The number of carbonyl (C=O) groups is 2. The highest BCUT2D eigenvalue weighted by atomic mass is 16.5. The zero-order valence-corrected chi connectivity index (χ0v) is 18.4. The van der Waals surface area contributed by atoms with Crippen molar-refractivity contribution in [2.75, 3.05) is 19.8 Å². The summed E-state index contributed by atoms with van der Waals surface area (Å²) in [6, 6.07) is 14.6. The van der Waals surface area contributed by atoms with E-state index in [9.17, 15) is 14.7 Å². The van der Waals surface area contributed by atoms with Gasteiger partial charge in [0.05, 0.1) is 13.2 Å². The summed E-state index contributed by atoms with van der Waals surface area (Å²) in [5.41, 5.74) is 0.175. The molecule has 0 heterocycles. The van der Waals surface area contributed by atoms with Gasteiger partial charge in [0.15, 0.2) is 11.5 Å². The van der Waals surface area contributed by atoms with Crippen LogP contribution in [0.25, 0.3) is 0 Å². The minimum atomic E-state index is -1.25. The fourth-order valence-electron chi connectivity index (χ4n) is 3.90. The lowest BCUT2D eigenvalue weighted by atomic mass is 9.77. The summed E-state index contributed by atoms with van der Waals surface area (Å²) in [7, 11) is 0. The lowest BCUT2D eigenvalue weighted by Gasteiger charge is -2.36. The summed E-state index contributed by atoms with van der Waals surface area (Å²) in [4.78, 5) is 24.9. The molecule has 2 aromatic carbocycles. The summed E-state index contributed by atoms with van der Waals surface area (Å²) < 4.78 is 11.4. The van der Waals surface area contributed by atoms with Gasteiger partial charge in [0.2, 0.25) is 0 Å². The van der Waals surface area contributed by atoms with Crippen LogP contribution >= 0.6 is 0 Å². The molecule has 1 fully saturated rings. The van der Waals surface area contributed by atoms with Gasteiger partial charge in [0, 0.05) is 12.0 Å². The molecular weight excluding hydrogens is 410 g/mol. The highest BCUT2D eigenvalue weighted by Crippen LogP contribution is 2.33. The highest BCUT2D eigenvalue weighted by molar-refractivity contribution is 5.98. The summed E-state index contributed by atoms with van der Waals surface area (Å²) >= 11 is 0.